The van der Waals surface area contributed by atoms with Gasteiger partial charge in [0, 0.05) is 0 Å². The van der Waals surface area contributed by atoms with E-state index in [9.17, 15) is 4.91 Å². The highest BCUT2D eigenvalue weighted by Gasteiger charge is 2.01. The second-order valence-corrected chi connectivity index (χ2v) is 3.36. The van der Waals surface area contributed by atoms with Crippen LogP contribution in [0.2, 0.25) is 0 Å². The van der Waals surface area contributed by atoms with Crippen LogP contribution >= 0.6 is 0 Å². The van der Waals surface area contributed by atoms with Gasteiger partial charge in [0.25, 0.3) is 0 Å². The van der Waals surface area contributed by atoms with Crippen molar-refractivity contribution in [1.82, 2.24) is 0 Å². The number of para-hydroxylation sites is 1. The van der Waals surface area contributed by atoms with Crippen LogP contribution in [0.5, 0.6) is 5.75 Å². The Balaban J connectivity index is 2.09. The molecule has 0 unspecified atom stereocenters. The van der Waals surface area contributed by atoms with Crippen molar-refractivity contribution in [1.29, 1.82) is 0 Å². The van der Waals surface area contributed by atoms with Crippen LogP contribution in [-0.4, -0.2) is 44.7 Å². The minimum absolute atomic E-state index is 0.0125. The smallest absolute Gasteiger partial charge is 0.149 e. The first kappa shape index (κ1) is 14.6. The van der Waals surface area contributed by atoms with E-state index in [1.165, 1.54) is 0 Å². The highest BCUT2D eigenvalue weighted by atomic mass is 16.5. The van der Waals surface area contributed by atoms with Gasteiger partial charge in [-0.05, 0) is 17.3 Å². The van der Waals surface area contributed by atoms with E-state index in [0.29, 0.717) is 38.8 Å². The molecule has 0 saturated carbocycles. The van der Waals surface area contributed by atoms with Crippen molar-refractivity contribution < 1.29 is 19.3 Å². The summed E-state index contributed by atoms with van der Waals surface area (Å²) in [4.78, 5) is 10.5. The average molecular weight is 255 g/mol. The predicted molar refractivity (Wildman–Crippen MR) is 66.1 cm³/mol. The van der Waals surface area contributed by atoms with Crippen molar-refractivity contribution in [2.24, 2.45) is 5.18 Å². The van der Waals surface area contributed by atoms with Gasteiger partial charge in [0.1, 0.15) is 18.0 Å². The lowest BCUT2D eigenvalue weighted by molar-refractivity contribution is 0.0247. The molecule has 6 heteroatoms. The SMILES string of the molecule is O=Nc1ccccc1OCCOCCOCCO. The van der Waals surface area contributed by atoms with Crippen LogP contribution < -0.4 is 4.74 Å². The maximum Gasteiger partial charge on any atom is 0.149 e. The Kier molecular flexibility index (Phi) is 7.70. The molecule has 1 rings (SSSR count). The lowest BCUT2D eigenvalue weighted by atomic mass is 10.3. The molecule has 0 aromatic heterocycles. The van der Waals surface area contributed by atoms with Crippen molar-refractivity contribution in [2.75, 3.05) is 39.6 Å². The minimum atomic E-state index is 0.0125. The molecule has 18 heavy (non-hydrogen) atoms. The van der Waals surface area contributed by atoms with E-state index in [4.69, 9.17) is 19.3 Å². The fourth-order valence-corrected chi connectivity index (χ4v) is 1.25. The molecule has 0 fully saturated rings. The molecule has 0 saturated heterocycles. The lowest BCUT2D eigenvalue weighted by Gasteiger charge is -2.08. The zero-order chi connectivity index (χ0) is 13.1. The number of rotatable bonds is 10. The van der Waals surface area contributed by atoms with Crippen molar-refractivity contribution in [3.8, 4) is 5.75 Å². The number of nitrogens with zero attached hydrogens (tertiary/aromatic N) is 1. The zero-order valence-electron chi connectivity index (χ0n) is 10.1. The van der Waals surface area contributed by atoms with Crippen LogP contribution in [0, 0.1) is 4.91 Å². The first-order chi connectivity index (χ1) is 8.88. The third-order valence-electron chi connectivity index (χ3n) is 2.06. The van der Waals surface area contributed by atoms with Crippen molar-refractivity contribution in [2.45, 2.75) is 0 Å². The molecule has 1 N–H and O–H groups in total. The summed E-state index contributed by atoms with van der Waals surface area (Å²) in [6.07, 6.45) is 0. The van der Waals surface area contributed by atoms with E-state index in [1.807, 2.05) is 0 Å². The molecule has 6 nitrogen and oxygen atoms in total. The second-order valence-electron chi connectivity index (χ2n) is 3.36. The highest BCUT2D eigenvalue weighted by molar-refractivity contribution is 5.50. The van der Waals surface area contributed by atoms with Crippen LogP contribution in [0.3, 0.4) is 0 Å². The minimum Gasteiger partial charge on any atom is -0.489 e. The van der Waals surface area contributed by atoms with Crippen LogP contribution in [0.4, 0.5) is 5.69 Å². The van der Waals surface area contributed by atoms with E-state index in [0.717, 1.165) is 0 Å². The molecule has 100 valence electrons. The maximum atomic E-state index is 10.5. The number of hydrogen-bond donors (Lipinski definition) is 1. The molecular formula is C12H17NO5. The molecular weight excluding hydrogens is 238 g/mol. The predicted octanol–water partition coefficient (Wildman–Crippen LogP) is 1.49. The highest BCUT2D eigenvalue weighted by Crippen LogP contribution is 2.25. The first-order valence-corrected chi connectivity index (χ1v) is 5.70. The van der Waals surface area contributed by atoms with Gasteiger partial charge in [0.2, 0.25) is 0 Å². The quantitative estimate of drug-likeness (QED) is 0.506. The number of ether oxygens (including phenoxy) is 3. The van der Waals surface area contributed by atoms with Crippen molar-refractivity contribution in [3.05, 3.63) is 29.2 Å². The van der Waals surface area contributed by atoms with E-state index in [1.54, 1.807) is 24.3 Å². The van der Waals surface area contributed by atoms with E-state index >= 15 is 0 Å². The largest absolute Gasteiger partial charge is 0.489 e. The fourth-order valence-electron chi connectivity index (χ4n) is 1.25. The number of nitroso groups, excluding NO2 is 1. The van der Waals surface area contributed by atoms with Gasteiger partial charge in [-0.1, -0.05) is 12.1 Å². The van der Waals surface area contributed by atoms with E-state index in [-0.39, 0.29) is 12.3 Å². The van der Waals surface area contributed by atoms with Gasteiger partial charge in [0.05, 0.1) is 33.0 Å². The molecule has 0 aliphatic rings. The van der Waals surface area contributed by atoms with Crippen molar-refractivity contribution >= 4 is 5.69 Å². The lowest BCUT2D eigenvalue weighted by Crippen LogP contribution is -2.11. The molecule has 1 aromatic rings. The topological polar surface area (TPSA) is 77.4 Å². The van der Waals surface area contributed by atoms with Gasteiger partial charge in [-0.2, -0.15) is 0 Å². The molecule has 0 bridgehead atoms. The summed E-state index contributed by atoms with van der Waals surface area (Å²) in [6.45, 7) is 1.95. The Hall–Kier alpha value is -1.50. The van der Waals surface area contributed by atoms with Crippen LogP contribution in [-0.2, 0) is 9.47 Å². The number of aliphatic hydroxyl groups excluding tert-OH is 1. The van der Waals surface area contributed by atoms with Gasteiger partial charge >= 0.3 is 0 Å². The van der Waals surface area contributed by atoms with Gasteiger partial charge in [-0.25, -0.2) is 0 Å². The summed E-state index contributed by atoms with van der Waals surface area (Å²) < 4.78 is 15.6. The summed E-state index contributed by atoms with van der Waals surface area (Å²) >= 11 is 0. The molecule has 0 amide bonds. The van der Waals surface area contributed by atoms with Crippen LogP contribution in [0.15, 0.2) is 29.4 Å². The summed E-state index contributed by atoms with van der Waals surface area (Å²) in [5.74, 6) is 0.452. The number of benzene rings is 1. The van der Waals surface area contributed by atoms with E-state index < -0.39 is 0 Å². The fraction of sp³-hybridized carbons (Fsp3) is 0.500. The number of aliphatic hydroxyl groups is 1. The molecule has 1 aromatic carbocycles. The molecule has 0 atom stereocenters. The Morgan fingerprint density at radius 3 is 2.39 bits per heavy atom. The molecule has 0 heterocycles. The van der Waals surface area contributed by atoms with Crippen LogP contribution in [0.25, 0.3) is 0 Å². The van der Waals surface area contributed by atoms with E-state index in [2.05, 4.69) is 5.18 Å². The van der Waals surface area contributed by atoms with Crippen LogP contribution in [0.1, 0.15) is 0 Å². The second kappa shape index (κ2) is 9.52. The van der Waals surface area contributed by atoms with Gasteiger partial charge < -0.3 is 19.3 Å². The molecule has 0 spiro atoms. The Morgan fingerprint density at radius 2 is 1.67 bits per heavy atom. The average Bonchev–Trinajstić information content (AvgIpc) is 2.42. The Labute approximate surface area is 105 Å². The number of hydrogen-bond acceptors (Lipinski definition) is 6. The standard InChI is InChI=1S/C12H17NO5/c14-5-6-16-7-8-17-9-10-18-12-4-2-1-3-11(12)13-15/h1-4,14H,5-10H2. The molecule has 0 aliphatic heterocycles. The van der Waals surface area contributed by atoms with Gasteiger partial charge in [-0.15, -0.1) is 4.91 Å². The normalized spacial score (nSPS) is 10.3. The Morgan fingerprint density at radius 1 is 1.00 bits per heavy atom. The van der Waals surface area contributed by atoms with Crippen molar-refractivity contribution in [3.63, 3.8) is 0 Å². The summed E-state index contributed by atoms with van der Waals surface area (Å²) in [5.41, 5.74) is 0.281. The van der Waals surface area contributed by atoms with Gasteiger partial charge in [-0.3, -0.25) is 0 Å². The summed E-state index contributed by atoms with van der Waals surface area (Å²) in [6, 6.07) is 6.76. The molecule has 0 radical (unpaired) electrons. The summed E-state index contributed by atoms with van der Waals surface area (Å²) in [7, 11) is 0. The third-order valence-corrected chi connectivity index (χ3v) is 2.06. The maximum absolute atomic E-state index is 10.5. The zero-order valence-corrected chi connectivity index (χ0v) is 10.1. The third kappa shape index (κ3) is 5.72. The molecule has 0 aliphatic carbocycles. The summed E-state index contributed by atoms with van der Waals surface area (Å²) in [5, 5.41) is 11.3. The first-order valence-electron chi connectivity index (χ1n) is 5.70. The monoisotopic (exact) mass is 255 g/mol. The Bertz CT molecular complexity index is 345. The van der Waals surface area contributed by atoms with Gasteiger partial charge in [0.15, 0.2) is 0 Å².